The first-order valence-electron chi connectivity index (χ1n) is 13.7. The molecular formula is C32H32N4O7S. The molecule has 1 aliphatic heterocycles. The van der Waals surface area contributed by atoms with Crippen molar-refractivity contribution in [3.63, 3.8) is 0 Å². The number of hydrogen-bond donors (Lipinski definition) is 2. The minimum atomic E-state index is -1.12. The standard InChI is InChI=1S/C32H32N4O7S/c1-19-13-20(2)34-32(33-19)44-17-29(38)36(16-21-5-9-24(40-3)10-6-21)30(22-7-11-25(37)27(14-22)41-4)31(39)35-23-8-12-26-28(15-23)43-18-42-26/h5-15,30,37H,16-18H2,1-4H3,(H,35,39)/t30-/m0/s1. The number of phenols is 1. The van der Waals surface area contributed by atoms with E-state index in [0.29, 0.717) is 33.7 Å². The van der Waals surface area contributed by atoms with Crippen molar-refractivity contribution in [3.8, 4) is 28.7 Å². The molecule has 0 spiro atoms. The normalized spacial score (nSPS) is 12.4. The minimum absolute atomic E-state index is 0.0257. The fraction of sp³-hybridized carbons (Fsp3) is 0.250. The van der Waals surface area contributed by atoms with E-state index in [9.17, 15) is 14.7 Å². The fourth-order valence-electron chi connectivity index (χ4n) is 4.74. The number of carbonyl (C=O) groups excluding carboxylic acids is 2. The Kier molecular flexibility index (Phi) is 9.39. The molecule has 3 aromatic carbocycles. The van der Waals surface area contributed by atoms with E-state index in [1.165, 1.54) is 29.8 Å². The number of phenolic OH excluding ortho intramolecular Hbond substituents is 1. The van der Waals surface area contributed by atoms with Gasteiger partial charge in [0.1, 0.15) is 11.8 Å². The summed E-state index contributed by atoms with van der Waals surface area (Å²) in [5.41, 5.74) is 3.26. The van der Waals surface area contributed by atoms with E-state index in [0.717, 1.165) is 17.0 Å². The number of amides is 2. The second-order valence-electron chi connectivity index (χ2n) is 9.98. The Morgan fingerprint density at radius 3 is 2.39 bits per heavy atom. The first kappa shape index (κ1) is 30.5. The highest BCUT2D eigenvalue weighted by Gasteiger charge is 2.33. The van der Waals surface area contributed by atoms with Crippen LogP contribution in [-0.2, 0) is 16.1 Å². The highest BCUT2D eigenvalue weighted by atomic mass is 32.2. The van der Waals surface area contributed by atoms with E-state index in [4.69, 9.17) is 18.9 Å². The Hall–Kier alpha value is -4.97. The third-order valence-electron chi connectivity index (χ3n) is 6.84. The fourth-order valence-corrected chi connectivity index (χ4v) is 5.58. The number of anilines is 1. The van der Waals surface area contributed by atoms with Crippen molar-refractivity contribution in [2.75, 3.05) is 32.1 Å². The molecule has 2 amide bonds. The summed E-state index contributed by atoms with van der Waals surface area (Å²) in [5.74, 6) is 0.973. The number of nitrogens with zero attached hydrogens (tertiary/aromatic N) is 3. The van der Waals surface area contributed by atoms with Crippen LogP contribution in [0.15, 0.2) is 71.9 Å². The average Bonchev–Trinajstić information content (AvgIpc) is 3.48. The number of aryl methyl sites for hydroxylation is 2. The zero-order valence-electron chi connectivity index (χ0n) is 24.7. The third-order valence-corrected chi connectivity index (χ3v) is 7.67. The van der Waals surface area contributed by atoms with Crippen LogP contribution in [-0.4, -0.2) is 58.6 Å². The van der Waals surface area contributed by atoms with Crippen LogP contribution in [0.1, 0.15) is 28.6 Å². The molecule has 0 bridgehead atoms. The van der Waals surface area contributed by atoms with Crippen LogP contribution >= 0.6 is 11.8 Å². The van der Waals surface area contributed by atoms with Gasteiger partial charge in [0.05, 0.1) is 20.0 Å². The maximum absolute atomic E-state index is 14.2. The second kappa shape index (κ2) is 13.6. The largest absolute Gasteiger partial charge is 0.504 e. The zero-order chi connectivity index (χ0) is 31.2. The van der Waals surface area contributed by atoms with E-state index < -0.39 is 11.9 Å². The Morgan fingerprint density at radius 1 is 0.955 bits per heavy atom. The lowest BCUT2D eigenvalue weighted by molar-refractivity contribution is -0.137. The van der Waals surface area contributed by atoms with Crippen molar-refractivity contribution >= 4 is 29.3 Å². The molecule has 4 aromatic rings. The molecule has 1 aliphatic rings. The van der Waals surface area contributed by atoms with Crippen molar-refractivity contribution in [2.45, 2.75) is 31.6 Å². The molecular weight excluding hydrogens is 584 g/mol. The Balaban J connectivity index is 1.52. The molecule has 12 heteroatoms. The molecule has 1 atom stereocenters. The van der Waals surface area contributed by atoms with Gasteiger partial charge in [-0.2, -0.15) is 0 Å². The maximum Gasteiger partial charge on any atom is 0.251 e. The number of methoxy groups -OCH3 is 2. The number of hydrogen-bond acceptors (Lipinski definition) is 10. The quantitative estimate of drug-likeness (QED) is 0.174. The number of carbonyl (C=O) groups is 2. The zero-order valence-corrected chi connectivity index (χ0v) is 25.5. The van der Waals surface area contributed by atoms with Crippen molar-refractivity contribution in [1.82, 2.24) is 14.9 Å². The molecule has 0 saturated carbocycles. The Labute approximate surface area is 259 Å². The summed E-state index contributed by atoms with van der Waals surface area (Å²) in [6, 6.07) is 17.6. The molecule has 5 rings (SSSR count). The number of rotatable bonds is 11. The van der Waals surface area contributed by atoms with Gasteiger partial charge in [-0.15, -0.1) is 0 Å². The number of benzene rings is 3. The van der Waals surface area contributed by atoms with Crippen molar-refractivity contribution in [3.05, 3.63) is 89.2 Å². The number of aromatic nitrogens is 2. The van der Waals surface area contributed by atoms with Gasteiger partial charge in [0, 0.05) is 29.7 Å². The van der Waals surface area contributed by atoms with Crippen LogP contribution in [0.4, 0.5) is 5.69 Å². The lowest BCUT2D eigenvalue weighted by Crippen LogP contribution is -2.41. The number of nitrogens with one attached hydrogen (secondary N) is 1. The van der Waals surface area contributed by atoms with Gasteiger partial charge in [-0.1, -0.05) is 30.0 Å². The van der Waals surface area contributed by atoms with Gasteiger partial charge in [-0.3, -0.25) is 9.59 Å². The van der Waals surface area contributed by atoms with Crippen LogP contribution in [0.3, 0.4) is 0 Å². The van der Waals surface area contributed by atoms with Crippen LogP contribution in [0, 0.1) is 13.8 Å². The summed E-state index contributed by atoms with van der Waals surface area (Å²) in [7, 11) is 2.99. The highest BCUT2D eigenvalue weighted by Crippen LogP contribution is 2.36. The number of fused-ring (bicyclic) bond motifs is 1. The molecule has 11 nitrogen and oxygen atoms in total. The summed E-state index contributed by atoms with van der Waals surface area (Å²) in [6.45, 7) is 3.92. The molecule has 0 radical (unpaired) electrons. The van der Waals surface area contributed by atoms with E-state index in [1.54, 1.807) is 49.6 Å². The monoisotopic (exact) mass is 616 g/mol. The maximum atomic E-state index is 14.2. The molecule has 0 fully saturated rings. The third kappa shape index (κ3) is 7.14. The Bertz CT molecular complexity index is 1650. The number of ether oxygens (including phenoxy) is 4. The van der Waals surface area contributed by atoms with Gasteiger partial charge in [0.2, 0.25) is 12.7 Å². The summed E-state index contributed by atoms with van der Waals surface area (Å²) in [6.07, 6.45) is 0. The van der Waals surface area contributed by atoms with E-state index in [1.807, 2.05) is 32.0 Å². The minimum Gasteiger partial charge on any atom is -0.504 e. The van der Waals surface area contributed by atoms with Gasteiger partial charge in [-0.05, 0) is 67.4 Å². The van der Waals surface area contributed by atoms with Crippen LogP contribution < -0.4 is 24.3 Å². The van der Waals surface area contributed by atoms with E-state index >= 15 is 0 Å². The predicted octanol–water partition coefficient (Wildman–Crippen LogP) is 5.05. The van der Waals surface area contributed by atoms with Crippen molar-refractivity contribution in [2.24, 2.45) is 0 Å². The molecule has 1 aromatic heterocycles. The molecule has 228 valence electrons. The van der Waals surface area contributed by atoms with E-state index in [2.05, 4.69) is 15.3 Å². The lowest BCUT2D eigenvalue weighted by Gasteiger charge is -2.32. The van der Waals surface area contributed by atoms with Gasteiger partial charge >= 0.3 is 0 Å². The molecule has 44 heavy (non-hydrogen) atoms. The van der Waals surface area contributed by atoms with Crippen LogP contribution in [0.2, 0.25) is 0 Å². The van der Waals surface area contributed by atoms with Gasteiger partial charge < -0.3 is 34.3 Å². The molecule has 0 unspecified atom stereocenters. The SMILES string of the molecule is COc1ccc(CN(C(=O)CSc2nc(C)cc(C)n2)[C@H](C(=O)Nc2ccc3c(c2)OCO3)c2ccc(O)c(OC)c2)cc1. The van der Waals surface area contributed by atoms with Gasteiger partial charge in [0.25, 0.3) is 5.91 Å². The molecule has 2 N–H and O–H groups in total. The van der Waals surface area contributed by atoms with Crippen molar-refractivity contribution in [1.29, 1.82) is 0 Å². The van der Waals surface area contributed by atoms with Gasteiger partial charge in [-0.25, -0.2) is 9.97 Å². The van der Waals surface area contributed by atoms with Crippen LogP contribution in [0.5, 0.6) is 28.7 Å². The smallest absolute Gasteiger partial charge is 0.251 e. The summed E-state index contributed by atoms with van der Waals surface area (Å²) in [4.78, 5) is 38.6. The van der Waals surface area contributed by atoms with E-state index in [-0.39, 0.29) is 36.5 Å². The second-order valence-corrected chi connectivity index (χ2v) is 10.9. The first-order chi connectivity index (χ1) is 21.2. The van der Waals surface area contributed by atoms with Gasteiger partial charge in [0.15, 0.2) is 28.2 Å². The van der Waals surface area contributed by atoms with Crippen molar-refractivity contribution < 1.29 is 33.6 Å². The molecule has 0 saturated heterocycles. The summed E-state index contributed by atoms with van der Waals surface area (Å²) in [5, 5.41) is 13.7. The topological polar surface area (TPSA) is 132 Å². The summed E-state index contributed by atoms with van der Waals surface area (Å²) >= 11 is 1.19. The average molecular weight is 617 g/mol. The highest BCUT2D eigenvalue weighted by molar-refractivity contribution is 7.99. The summed E-state index contributed by atoms with van der Waals surface area (Å²) < 4.78 is 21.5. The first-order valence-corrected chi connectivity index (χ1v) is 14.7. The number of aromatic hydroxyl groups is 1. The molecule has 0 aliphatic carbocycles. The molecule has 2 heterocycles. The Morgan fingerprint density at radius 2 is 1.68 bits per heavy atom. The lowest BCUT2D eigenvalue weighted by atomic mass is 10.0. The van der Waals surface area contributed by atoms with Crippen LogP contribution in [0.25, 0.3) is 0 Å². The number of thioether (sulfide) groups is 1. The predicted molar refractivity (Wildman–Crippen MR) is 164 cm³/mol.